The van der Waals surface area contributed by atoms with Crippen molar-refractivity contribution in [2.45, 2.75) is 20.1 Å². The number of aromatic nitrogens is 2. The highest BCUT2D eigenvalue weighted by Gasteiger charge is 2.13. The zero-order chi connectivity index (χ0) is 16.8. The normalized spacial score (nSPS) is 10.4. The molecule has 0 bridgehead atoms. The zero-order valence-electron chi connectivity index (χ0n) is 13.3. The van der Waals surface area contributed by atoms with Crippen LogP contribution in [0.4, 0.5) is 4.39 Å². The van der Waals surface area contributed by atoms with Gasteiger partial charge in [-0.05, 0) is 18.1 Å². The molecule has 0 aliphatic carbocycles. The monoisotopic (exact) mass is 324 g/mol. The Labute approximate surface area is 139 Å². The van der Waals surface area contributed by atoms with Gasteiger partial charge in [0.2, 0.25) is 11.8 Å². The van der Waals surface area contributed by atoms with Gasteiger partial charge in [-0.1, -0.05) is 60.7 Å². The van der Waals surface area contributed by atoms with E-state index in [-0.39, 0.29) is 24.1 Å². The van der Waals surface area contributed by atoms with Gasteiger partial charge in [0.25, 0.3) is 0 Å². The number of benzene rings is 2. The Morgan fingerprint density at radius 2 is 1.33 bits per heavy atom. The standard InChI is InChI=1S/C19H17FN2O2/c1-14-17(20)21-19(24-13-16-10-6-3-7-11-16)22-18(14)23-12-15-8-4-2-5-9-15/h2-11H,12-13H2,1H3. The van der Waals surface area contributed by atoms with Crippen molar-refractivity contribution in [1.29, 1.82) is 0 Å². The van der Waals surface area contributed by atoms with Crippen molar-refractivity contribution in [3.05, 3.63) is 83.3 Å². The summed E-state index contributed by atoms with van der Waals surface area (Å²) in [6.45, 7) is 2.15. The van der Waals surface area contributed by atoms with Crippen LogP contribution in [0.1, 0.15) is 16.7 Å². The molecule has 0 fully saturated rings. The predicted molar refractivity (Wildman–Crippen MR) is 88.3 cm³/mol. The molecule has 0 atom stereocenters. The molecule has 0 spiro atoms. The van der Waals surface area contributed by atoms with E-state index in [4.69, 9.17) is 9.47 Å². The molecule has 0 saturated carbocycles. The van der Waals surface area contributed by atoms with Crippen LogP contribution < -0.4 is 9.47 Å². The number of hydrogen-bond acceptors (Lipinski definition) is 4. The van der Waals surface area contributed by atoms with E-state index in [9.17, 15) is 4.39 Å². The van der Waals surface area contributed by atoms with Gasteiger partial charge in [0.15, 0.2) is 0 Å². The Balaban J connectivity index is 1.71. The molecule has 24 heavy (non-hydrogen) atoms. The third-order valence-corrected chi connectivity index (χ3v) is 3.45. The molecule has 2 aromatic carbocycles. The first-order valence-corrected chi connectivity index (χ1v) is 7.60. The zero-order valence-corrected chi connectivity index (χ0v) is 13.3. The molecule has 122 valence electrons. The lowest BCUT2D eigenvalue weighted by molar-refractivity contribution is 0.250. The quantitative estimate of drug-likeness (QED) is 0.641. The summed E-state index contributed by atoms with van der Waals surface area (Å²) in [5, 5.41) is 0. The Bertz CT molecular complexity index is 795. The Kier molecular flexibility index (Phi) is 5.01. The van der Waals surface area contributed by atoms with E-state index in [1.807, 2.05) is 60.7 Å². The summed E-state index contributed by atoms with van der Waals surface area (Å²) in [4.78, 5) is 7.89. The molecule has 3 rings (SSSR count). The minimum atomic E-state index is -0.642. The number of nitrogens with zero attached hydrogens (tertiary/aromatic N) is 2. The maximum atomic E-state index is 14.0. The average Bonchev–Trinajstić information content (AvgIpc) is 2.63. The van der Waals surface area contributed by atoms with Gasteiger partial charge >= 0.3 is 6.01 Å². The van der Waals surface area contributed by atoms with Crippen LogP contribution >= 0.6 is 0 Å². The van der Waals surface area contributed by atoms with Crippen LogP contribution in [0.15, 0.2) is 60.7 Å². The van der Waals surface area contributed by atoms with E-state index in [0.29, 0.717) is 6.61 Å². The van der Waals surface area contributed by atoms with Gasteiger partial charge in [0, 0.05) is 0 Å². The first-order valence-electron chi connectivity index (χ1n) is 7.60. The van der Waals surface area contributed by atoms with Crippen LogP contribution in [-0.4, -0.2) is 9.97 Å². The van der Waals surface area contributed by atoms with Crippen molar-refractivity contribution < 1.29 is 13.9 Å². The highest BCUT2D eigenvalue weighted by molar-refractivity contribution is 5.26. The fourth-order valence-corrected chi connectivity index (χ4v) is 2.10. The maximum Gasteiger partial charge on any atom is 0.322 e. The Morgan fingerprint density at radius 1 is 0.792 bits per heavy atom. The maximum absolute atomic E-state index is 14.0. The van der Waals surface area contributed by atoms with Crippen LogP contribution in [-0.2, 0) is 13.2 Å². The van der Waals surface area contributed by atoms with E-state index in [1.54, 1.807) is 6.92 Å². The van der Waals surface area contributed by atoms with Gasteiger partial charge in [-0.15, -0.1) is 0 Å². The third-order valence-electron chi connectivity index (χ3n) is 3.45. The first kappa shape index (κ1) is 15.9. The summed E-state index contributed by atoms with van der Waals surface area (Å²) < 4.78 is 25.1. The van der Waals surface area contributed by atoms with Gasteiger partial charge in [-0.25, -0.2) is 0 Å². The van der Waals surface area contributed by atoms with E-state index < -0.39 is 5.95 Å². The fourth-order valence-electron chi connectivity index (χ4n) is 2.10. The average molecular weight is 324 g/mol. The van der Waals surface area contributed by atoms with Crippen LogP contribution in [0.25, 0.3) is 0 Å². The molecule has 0 aliphatic heterocycles. The molecule has 0 N–H and O–H groups in total. The molecule has 0 aliphatic rings. The van der Waals surface area contributed by atoms with Crippen LogP contribution in [0.2, 0.25) is 0 Å². The molecule has 5 heteroatoms. The predicted octanol–water partition coefficient (Wildman–Crippen LogP) is 4.08. The number of hydrogen-bond donors (Lipinski definition) is 0. The van der Waals surface area contributed by atoms with Crippen LogP contribution in [0.5, 0.6) is 11.9 Å². The van der Waals surface area contributed by atoms with E-state index in [2.05, 4.69) is 9.97 Å². The molecule has 0 amide bonds. The summed E-state index contributed by atoms with van der Waals surface area (Å²) in [5.41, 5.74) is 2.19. The van der Waals surface area contributed by atoms with Gasteiger partial charge in [-0.2, -0.15) is 14.4 Å². The molecule has 0 saturated heterocycles. The molecular formula is C19H17FN2O2. The van der Waals surface area contributed by atoms with Crippen molar-refractivity contribution in [2.24, 2.45) is 0 Å². The lowest BCUT2D eigenvalue weighted by Gasteiger charge is -2.11. The molecule has 1 aromatic heterocycles. The molecular weight excluding hydrogens is 307 g/mol. The van der Waals surface area contributed by atoms with Crippen molar-refractivity contribution >= 4 is 0 Å². The van der Waals surface area contributed by atoms with Gasteiger partial charge in [0.1, 0.15) is 13.2 Å². The lowest BCUT2D eigenvalue weighted by atomic mass is 10.2. The van der Waals surface area contributed by atoms with Crippen LogP contribution in [0, 0.1) is 12.9 Å². The van der Waals surface area contributed by atoms with Crippen molar-refractivity contribution in [3.63, 3.8) is 0 Å². The third kappa shape index (κ3) is 4.07. The minimum Gasteiger partial charge on any atom is -0.472 e. The molecule has 0 radical (unpaired) electrons. The number of ether oxygens (including phenoxy) is 2. The van der Waals surface area contributed by atoms with E-state index >= 15 is 0 Å². The first-order chi connectivity index (χ1) is 11.7. The topological polar surface area (TPSA) is 44.2 Å². The highest BCUT2D eigenvalue weighted by atomic mass is 19.1. The lowest BCUT2D eigenvalue weighted by Crippen LogP contribution is -2.06. The van der Waals surface area contributed by atoms with Gasteiger partial charge in [-0.3, -0.25) is 0 Å². The number of halogens is 1. The molecule has 3 aromatic rings. The van der Waals surface area contributed by atoms with Crippen molar-refractivity contribution in [2.75, 3.05) is 0 Å². The molecule has 1 heterocycles. The van der Waals surface area contributed by atoms with E-state index in [1.165, 1.54) is 0 Å². The number of rotatable bonds is 6. The summed E-state index contributed by atoms with van der Waals surface area (Å²) in [7, 11) is 0. The summed E-state index contributed by atoms with van der Waals surface area (Å²) >= 11 is 0. The summed E-state index contributed by atoms with van der Waals surface area (Å²) in [5.74, 6) is -0.453. The minimum absolute atomic E-state index is 0.0370. The van der Waals surface area contributed by atoms with Gasteiger partial charge in [0.05, 0.1) is 5.56 Å². The SMILES string of the molecule is Cc1c(F)nc(OCc2ccccc2)nc1OCc1ccccc1. The second-order valence-corrected chi connectivity index (χ2v) is 5.28. The fraction of sp³-hybridized carbons (Fsp3) is 0.158. The second-order valence-electron chi connectivity index (χ2n) is 5.28. The van der Waals surface area contributed by atoms with Crippen molar-refractivity contribution in [1.82, 2.24) is 9.97 Å². The summed E-state index contributed by atoms with van der Waals surface area (Å²) in [6, 6.07) is 19.1. The van der Waals surface area contributed by atoms with Gasteiger partial charge < -0.3 is 9.47 Å². The van der Waals surface area contributed by atoms with Crippen LogP contribution in [0.3, 0.4) is 0 Å². The Morgan fingerprint density at radius 3 is 1.92 bits per heavy atom. The van der Waals surface area contributed by atoms with E-state index in [0.717, 1.165) is 11.1 Å². The smallest absolute Gasteiger partial charge is 0.322 e. The summed E-state index contributed by atoms with van der Waals surface area (Å²) in [6.07, 6.45) is 0. The molecule has 4 nitrogen and oxygen atoms in total. The second kappa shape index (κ2) is 7.55. The Hall–Kier alpha value is -2.95. The largest absolute Gasteiger partial charge is 0.472 e. The highest BCUT2D eigenvalue weighted by Crippen LogP contribution is 2.21. The van der Waals surface area contributed by atoms with Crippen molar-refractivity contribution in [3.8, 4) is 11.9 Å². The molecule has 0 unspecified atom stereocenters.